The van der Waals surface area contributed by atoms with Crippen molar-refractivity contribution in [2.45, 2.75) is 32.6 Å². The lowest BCUT2D eigenvalue weighted by molar-refractivity contribution is -0.133. The third-order valence-corrected chi connectivity index (χ3v) is 5.56. The maximum absolute atomic E-state index is 12.9. The Morgan fingerprint density at radius 1 is 1.19 bits per heavy atom. The van der Waals surface area contributed by atoms with E-state index in [0.29, 0.717) is 30.5 Å². The van der Waals surface area contributed by atoms with Crippen molar-refractivity contribution < 1.29 is 19.1 Å². The summed E-state index contributed by atoms with van der Waals surface area (Å²) in [6.45, 7) is 5.48. The fourth-order valence-electron chi connectivity index (χ4n) is 3.83. The first-order valence-electron chi connectivity index (χ1n) is 9.73. The topological polar surface area (TPSA) is 67.9 Å². The zero-order valence-corrected chi connectivity index (χ0v) is 16.7. The maximum atomic E-state index is 12.9. The minimum Gasteiger partial charge on any atom is -0.493 e. The first kappa shape index (κ1) is 19.5. The van der Waals surface area contributed by atoms with E-state index in [2.05, 4.69) is 5.32 Å². The molecule has 1 aromatic carbocycles. The predicted molar refractivity (Wildman–Crippen MR) is 103 cm³/mol. The maximum Gasteiger partial charge on any atom is 0.225 e. The second kappa shape index (κ2) is 8.19. The van der Waals surface area contributed by atoms with Crippen molar-refractivity contribution in [1.82, 2.24) is 10.2 Å². The van der Waals surface area contributed by atoms with Gasteiger partial charge in [-0.15, -0.1) is 0 Å². The summed E-state index contributed by atoms with van der Waals surface area (Å²) in [5, 5.41) is 3.09. The molecule has 0 radical (unpaired) electrons. The molecule has 1 aliphatic heterocycles. The van der Waals surface area contributed by atoms with E-state index >= 15 is 0 Å². The van der Waals surface area contributed by atoms with Gasteiger partial charge in [0, 0.05) is 37.0 Å². The van der Waals surface area contributed by atoms with Crippen molar-refractivity contribution in [1.29, 1.82) is 0 Å². The standard InChI is InChI=1S/C21H30N2O4/c1-13(2)21(25)23-11-16(15-6-5-7-18(26-3)19(15)27-4)17(12-23)20(24)22-10-14-8-9-14/h5-7,13-14,16-17H,8-12H2,1-4H3,(H,22,24)/t16-,17-/m0/s1. The Hall–Kier alpha value is -2.24. The van der Waals surface area contributed by atoms with Crippen LogP contribution >= 0.6 is 0 Å². The van der Waals surface area contributed by atoms with E-state index in [1.165, 1.54) is 12.8 Å². The number of carbonyl (C=O) groups is 2. The van der Waals surface area contributed by atoms with E-state index < -0.39 is 0 Å². The Kier molecular flexibility index (Phi) is 5.92. The van der Waals surface area contributed by atoms with Crippen molar-refractivity contribution >= 4 is 11.8 Å². The largest absolute Gasteiger partial charge is 0.493 e. The molecule has 1 saturated heterocycles. The average molecular weight is 374 g/mol. The molecule has 2 fully saturated rings. The van der Waals surface area contributed by atoms with Gasteiger partial charge in [0.15, 0.2) is 11.5 Å². The van der Waals surface area contributed by atoms with E-state index in [1.54, 1.807) is 14.2 Å². The van der Waals surface area contributed by atoms with Crippen LogP contribution in [0.15, 0.2) is 18.2 Å². The van der Waals surface area contributed by atoms with E-state index in [-0.39, 0.29) is 29.6 Å². The van der Waals surface area contributed by atoms with Gasteiger partial charge >= 0.3 is 0 Å². The number of amides is 2. The Morgan fingerprint density at radius 3 is 2.52 bits per heavy atom. The SMILES string of the molecule is COc1cccc([C@@H]2CN(C(=O)C(C)C)C[C@@H]2C(=O)NCC2CC2)c1OC. The Morgan fingerprint density at radius 2 is 1.93 bits per heavy atom. The van der Waals surface area contributed by atoms with Crippen LogP contribution in [-0.4, -0.2) is 50.6 Å². The third kappa shape index (κ3) is 4.20. The first-order valence-corrected chi connectivity index (χ1v) is 9.73. The number of nitrogens with one attached hydrogen (secondary N) is 1. The number of benzene rings is 1. The highest BCUT2D eigenvalue weighted by atomic mass is 16.5. The number of likely N-dealkylation sites (tertiary alicyclic amines) is 1. The predicted octanol–water partition coefficient (Wildman–Crippen LogP) is 2.43. The first-order chi connectivity index (χ1) is 13.0. The number of hydrogen-bond acceptors (Lipinski definition) is 4. The Bertz CT molecular complexity index is 699. The van der Waals surface area contributed by atoms with Crippen LogP contribution in [0.1, 0.15) is 38.2 Å². The molecule has 0 spiro atoms. The van der Waals surface area contributed by atoms with Crippen LogP contribution in [0.5, 0.6) is 11.5 Å². The zero-order chi connectivity index (χ0) is 19.6. The molecule has 2 atom stereocenters. The molecule has 2 aliphatic rings. The normalized spacial score (nSPS) is 22.0. The summed E-state index contributed by atoms with van der Waals surface area (Å²) in [5.74, 6) is 1.52. The van der Waals surface area contributed by atoms with Gasteiger partial charge in [-0.3, -0.25) is 9.59 Å². The highest BCUT2D eigenvalue weighted by Gasteiger charge is 2.42. The minimum atomic E-state index is -0.285. The van der Waals surface area contributed by atoms with Gasteiger partial charge in [-0.1, -0.05) is 26.0 Å². The second-order valence-electron chi connectivity index (χ2n) is 7.88. The van der Waals surface area contributed by atoms with Gasteiger partial charge in [-0.05, 0) is 24.8 Å². The van der Waals surface area contributed by atoms with Crippen LogP contribution in [0, 0.1) is 17.8 Å². The number of methoxy groups -OCH3 is 2. The second-order valence-corrected chi connectivity index (χ2v) is 7.88. The smallest absolute Gasteiger partial charge is 0.225 e. The summed E-state index contributed by atoms with van der Waals surface area (Å²) in [6, 6.07) is 5.72. The van der Waals surface area contributed by atoms with Gasteiger partial charge in [0.1, 0.15) is 0 Å². The van der Waals surface area contributed by atoms with Crippen LogP contribution in [-0.2, 0) is 9.59 Å². The fourth-order valence-corrected chi connectivity index (χ4v) is 3.83. The monoisotopic (exact) mass is 374 g/mol. The van der Waals surface area contributed by atoms with Crippen LogP contribution in [0.2, 0.25) is 0 Å². The Labute approximate surface area is 161 Å². The van der Waals surface area contributed by atoms with Crippen molar-refractivity contribution in [3.8, 4) is 11.5 Å². The van der Waals surface area contributed by atoms with Crippen molar-refractivity contribution in [2.24, 2.45) is 17.8 Å². The molecule has 1 N–H and O–H groups in total. The molecule has 0 unspecified atom stereocenters. The molecule has 6 nitrogen and oxygen atoms in total. The molecule has 2 amide bonds. The number of ether oxygens (including phenoxy) is 2. The molecule has 148 valence electrons. The molecule has 0 bridgehead atoms. The number of rotatable bonds is 7. The van der Waals surface area contributed by atoms with Crippen molar-refractivity contribution in [2.75, 3.05) is 33.9 Å². The fraction of sp³-hybridized carbons (Fsp3) is 0.619. The Balaban J connectivity index is 1.88. The van der Waals surface area contributed by atoms with Crippen LogP contribution in [0.25, 0.3) is 0 Å². The van der Waals surface area contributed by atoms with Crippen LogP contribution in [0.4, 0.5) is 0 Å². The van der Waals surface area contributed by atoms with Gasteiger partial charge in [-0.25, -0.2) is 0 Å². The molecule has 1 aromatic rings. The molecule has 0 aromatic heterocycles. The molecule has 1 heterocycles. The highest BCUT2D eigenvalue weighted by Crippen LogP contribution is 2.42. The molecular formula is C21H30N2O4. The van der Waals surface area contributed by atoms with Crippen LogP contribution < -0.4 is 14.8 Å². The number of para-hydroxylation sites is 1. The van der Waals surface area contributed by atoms with E-state index in [0.717, 1.165) is 12.1 Å². The van der Waals surface area contributed by atoms with E-state index in [4.69, 9.17) is 9.47 Å². The summed E-state index contributed by atoms with van der Waals surface area (Å²) in [5.41, 5.74) is 0.919. The molecule has 1 aliphatic carbocycles. The molecular weight excluding hydrogens is 344 g/mol. The third-order valence-electron chi connectivity index (χ3n) is 5.56. The number of nitrogens with zero attached hydrogens (tertiary/aromatic N) is 1. The van der Waals surface area contributed by atoms with Crippen molar-refractivity contribution in [3.63, 3.8) is 0 Å². The highest BCUT2D eigenvalue weighted by molar-refractivity contribution is 5.84. The lowest BCUT2D eigenvalue weighted by Gasteiger charge is -2.21. The summed E-state index contributed by atoms with van der Waals surface area (Å²) in [7, 11) is 3.21. The van der Waals surface area contributed by atoms with Crippen molar-refractivity contribution in [3.05, 3.63) is 23.8 Å². The average Bonchev–Trinajstić information content (AvgIpc) is 3.40. The van der Waals surface area contributed by atoms with Gasteiger partial charge in [0.2, 0.25) is 11.8 Å². The lowest BCUT2D eigenvalue weighted by atomic mass is 9.87. The lowest BCUT2D eigenvalue weighted by Crippen LogP contribution is -2.37. The summed E-state index contributed by atoms with van der Waals surface area (Å²) in [6.07, 6.45) is 2.38. The molecule has 1 saturated carbocycles. The molecule has 27 heavy (non-hydrogen) atoms. The van der Waals surface area contributed by atoms with Gasteiger partial charge in [-0.2, -0.15) is 0 Å². The number of hydrogen-bond donors (Lipinski definition) is 1. The van der Waals surface area contributed by atoms with Crippen LogP contribution in [0.3, 0.4) is 0 Å². The van der Waals surface area contributed by atoms with Gasteiger partial charge in [0.25, 0.3) is 0 Å². The number of carbonyl (C=O) groups excluding carboxylic acids is 2. The zero-order valence-electron chi connectivity index (χ0n) is 16.7. The molecule has 3 rings (SSSR count). The summed E-state index contributed by atoms with van der Waals surface area (Å²) < 4.78 is 11.0. The minimum absolute atomic E-state index is 0.0239. The summed E-state index contributed by atoms with van der Waals surface area (Å²) >= 11 is 0. The van der Waals surface area contributed by atoms with Gasteiger partial charge in [0.05, 0.1) is 20.1 Å². The van der Waals surface area contributed by atoms with E-state index in [9.17, 15) is 9.59 Å². The van der Waals surface area contributed by atoms with Gasteiger partial charge < -0.3 is 19.7 Å². The van der Waals surface area contributed by atoms with E-state index in [1.807, 2.05) is 36.9 Å². The summed E-state index contributed by atoms with van der Waals surface area (Å²) in [4.78, 5) is 27.3. The quantitative estimate of drug-likeness (QED) is 0.796. The molecule has 6 heteroatoms.